The Labute approximate surface area is 329 Å². The molecule has 2 saturated carbocycles. The van der Waals surface area contributed by atoms with Gasteiger partial charge in [0.05, 0.1) is 24.2 Å². The fourth-order valence-corrected chi connectivity index (χ4v) is 10.1. The van der Waals surface area contributed by atoms with Crippen LogP contribution in [0.3, 0.4) is 0 Å². The van der Waals surface area contributed by atoms with Crippen LogP contribution in [0.15, 0.2) is 59.0 Å². The summed E-state index contributed by atoms with van der Waals surface area (Å²) in [4.78, 5) is 68.9. The number of aliphatic hydroxyl groups is 3. The summed E-state index contributed by atoms with van der Waals surface area (Å²) in [6, 6.07) is 10.1. The molecule has 0 spiro atoms. The van der Waals surface area contributed by atoms with Gasteiger partial charge < -0.3 is 44.3 Å². The van der Waals surface area contributed by atoms with Gasteiger partial charge in [-0.2, -0.15) is 0 Å². The summed E-state index contributed by atoms with van der Waals surface area (Å²) >= 11 is 1.18. The number of ether oxygens (including phenoxy) is 5. The molecule has 3 aliphatic carbocycles. The molecule has 56 heavy (non-hydrogen) atoms. The third-order valence-corrected chi connectivity index (χ3v) is 13.0. The Hall–Kier alpha value is -4.15. The van der Waals surface area contributed by atoms with Crippen molar-refractivity contribution in [1.82, 2.24) is 5.32 Å². The van der Waals surface area contributed by atoms with Crippen molar-refractivity contribution in [3.05, 3.63) is 69.4 Å². The predicted octanol–water partition coefficient (Wildman–Crippen LogP) is 4.35. The number of Topliss-reactive ketones (excluding diaryl/α,β-unsaturated/α-hetero) is 1. The molecule has 2 bridgehead atoms. The van der Waals surface area contributed by atoms with E-state index in [1.54, 1.807) is 84.2 Å². The Bertz CT molecular complexity index is 1900. The molecule has 4 N–H and O–H groups in total. The van der Waals surface area contributed by atoms with Gasteiger partial charge in [-0.15, -0.1) is 11.3 Å². The Morgan fingerprint density at radius 2 is 1.71 bits per heavy atom. The minimum absolute atomic E-state index is 0.00757. The summed E-state index contributed by atoms with van der Waals surface area (Å²) in [6.07, 6.45) is -8.62. The van der Waals surface area contributed by atoms with Gasteiger partial charge in [0, 0.05) is 47.5 Å². The van der Waals surface area contributed by atoms with E-state index in [4.69, 9.17) is 23.7 Å². The highest BCUT2D eigenvalue weighted by Crippen LogP contribution is 2.64. The molecule has 0 unspecified atom stereocenters. The van der Waals surface area contributed by atoms with Crippen molar-refractivity contribution in [1.29, 1.82) is 0 Å². The van der Waals surface area contributed by atoms with Crippen LogP contribution < -0.4 is 5.32 Å². The SMILES string of the molecule is CC(=O)O[C@@]12CO[C@@H]1C[C@H](O)[C@@]1(C)CC(=O)C3=C(C)[C@@H](OC(=O)[C@H](O)[C@@H](NC(=O)OC(C)(C)C)c4cccs4)C[C@@](O)([C@@H](OC(=O)c4ccccc4)[C@@H]12)C3(C)C. The van der Waals surface area contributed by atoms with Gasteiger partial charge in [-0.1, -0.05) is 45.0 Å². The summed E-state index contributed by atoms with van der Waals surface area (Å²) in [5, 5.41) is 41.0. The van der Waals surface area contributed by atoms with Crippen LogP contribution >= 0.6 is 11.3 Å². The number of carbonyl (C=O) groups is 5. The van der Waals surface area contributed by atoms with Crippen molar-refractivity contribution in [2.24, 2.45) is 16.7 Å². The second kappa shape index (κ2) is 14.7. The van der Waals surface area contributed by atoms with Crippen molar-refractivity contribution in [3.63, 3.8) is 0 Å². The number of hydrogen-bond donors (Lipinski definition) is 4. The zero-order valence-corrected chi connectivity index (χ0v) is 33.6. The molecule has 0 radical (unpaired) electrons. The number of esters is 3. The molecule has 1 aliphatic heterocycles. The first-order valence-corrected chi connectivity index (χ1v) is 19.6. The van der Waals surface area contributed by atoms with Crippen molar-refractivity contribution >= 4 is 41.1 Å². The lowest BCUT2D eigenvalue weighted by Gasteiger charge is -2.67. The quantitative estimate of drug-likeness (QED) is 0.217. The van der Waals surface area contributed by atoms with Crippen LogP contribution in [0.25, 0.3) is 0 Å². The van der Waals surface area contributed by atoms with E-state index in [2.05, 4.69) is 5.32 Å². The highest BCUT2D eigenvalue weighted by molar-refractivity contribution is 7.10. The van der Waals surface area contributed by atoms with Gasteiger partial charge in [-0.05, 0) is 56.8 Å². The zero-order valence-electron chi connectivity index (χ0n) is 32.8. The number of benzene rings is 1. The minimum atomic E-state index is -2.24. The number of carbonyl (C=O) groups excluding carboxylic acids is 5. The molecule has 1 amide bonds. The summed E-state index contributed by atoms with van der Waals surface area (Å²) in [5.41, 5.74) is -7.02. The number of aliphatic hydroxyl groups excluding tert-OH is 2. The third-order valence-electron chi connectivity index (χ3n) is 12.1. The number of fused-ring (bicyclic) bond motifs is 5. The Kier molecular flexibility index (Phi) is 10.9. The number of thiophene rings is 1. The van der Waals surface area contributed by atoms with Gasteiger partial charge in [0.1, 0.15) is 35.6 Å². The molecule has 4 aliphatic rings. The van der Waals surface area contributed by atoms with Gasteiger partial charge in [-0.25, -0.2) is 14.4 Å². The van der Waals surface area contributed by atoms with E-state index in [9.17, 15) is 39.3 Å². The lowest BCUT2D eigenvalue weighted by molar-refractivity contribution is -0.349. The second-order valence-corrected chi connectivity index (χ2v) is 18.2. The minimum Gasteiger partial charge on any atom is -0.456 e. The third kappa shape index (κ3) is 7.06. The molecular weight excluding hydrogens is 747 g/mol. The van der Waals surface area contributed by atoms with Crippen molar-refractivity contribution in [3.8, 4) is 0 Å². The highest BCUT2D eigenvalue weighted by Gasteiger charge is 2.76. The smallest absolute Gasteiger partial charge is 0.408 e. The van der Waals surface area contributed by atoms with Crippen molar-refractivity contribution in [2.45, 2.75) is 128 Å². The molecule has 304 valence electrons. The molecule has 10 atom stereocenters. The normalized spacial score (nSPS) is 33.2. The molecule has 6 rings (SSSR count). The van der Waals surface area contributed by atoms with E-state index in [0.29, 0.717) is 4.88 Å². The van der Waals surface area contributed by atoms with E-state index in [1.807, 2.05) is 0 Å². The Morgan fingerprint density at radius 1 is 1.04 bits per heavy atom. The van der Waals surface area contributed by atoms with Crippen LogP contribution in [-0.2, 0) is 38.1 Å². The maximum atomic E-state index is 14.7. The first-order chi connectivity index (χ1) is 26.1. The van der Waals surface area contributed by atoms with Gasteiger partial charge >= 0.3 is 24.0 Å². The van der Waals surface area contributed by atoms with Gasteiger partial charge in [0.2, 0.25) is 0 Å². The monoisotopic (exact) mass is 797 g/mol. The first kappa shape index (κ1) is 41.5. The lowest BCUT2D eigenvalue weighted by Crippen LogP contribution is -2.80. The summed E-state index contributed by atoms with van der Waals surface area (Å²) < 4.78 is 29.7. The molecule has 15 heteroatoms. The number of ketones is 1. The first-order valence-electron chi connectivity index (χ1n) is 18.7. The second-order valence-electron chi connectivity index (χ2n) is 17.2. The van der Waals surface area contributed by atoms with Crippen LogP contribution in [0, 0.1) is 16.7 Å². The number of amides is 1. The van der Waals surface area contributed by atoms with Gasteiger partial charge in [-0.3, -0.25) is 9.59 Å². The largest absolute Gasteiger partial charge is 0.456 e. The highest BCUT2D eigenvalue weighted by atomic mass is 32.1. The van der Waals surface area contributed by atoms with E-state index in [-0.39, 0.29) is 36.2 Å². The average molecular weight is 798 g/mol. The summed E-state index contributed by atoms with van der Waals surface area (Å²) in [5.74, 6) is -4.34. The van der Waals surface area contributed by atoms with Gasteiger partial charge in [0.15, 0.2) is 17.5 Å². The van der Waals surface area contributed by atoms with Crippen molar-refractivity contribution in [2.75, 3.05) is 6.61 Å². The average Bonchev–Trinajstić information content (AvgIpc) is 3.63. The van der Waals surface area contributed by atoms with Crippen LogP contribution in [-0.4, -0.2) is 99.0 Å². The standard InChI is InChI=1S/C41H51NO13S/c1-21-25(52-35(48)31(46)30(26-15-12-16-56-26)42-36(49)55-37(3,4)5)19-41(50)33(53-34(47)23-13-10-9-11-14-23)32-39(8,18-24(44)29(21)38(41,6)7)27(45)17-28-40(32,20-51-28)54-22(2)43/h9-16,25,27-28,30-33,45-46,50H,17-20H2,1-8H3,(H,42,49)/t25-,27-,28+,30-,31+,32-,33-,39+,40-,41+/m0/s1. The number of alkyl carbamates (subject to hydrolysis) is 1. The molecule has 1 saturated heterocycles. The summed E-state index contributed by atoms with van der Waals surface area (Å²) in [7, 11) is 0. The van der Waals surface area contributed by atoms with Crippen LogP contribution in [0.2, 0.25) is 0 Å². The van der Waals surface area contributed by atoms with E-state index in [0.717, 1.165) is 0 Å². The lowest BCUT2D eigenvalue weighted by atomic mass is 9.45. The number of hydrogen-bond acceptors (Lipinski definition) is 14. The molecule has 14 nitrogen and oxygen atoms in total. The molecule has 2 heterocycles. The fourth-order valence-electron chi connectivity index (χ4n) is 9.34. The summed E-state index contributed by atoms with van der Waals surface area (Å²) in [6.45, 7) is 12.6. The topological polar surface area (TPSA) is 204 Å². The van der Waals surface area contributed by atoms with Gasteiger partial charge in [0.25, 0.3) is 0 Å². The van der Waals surface area contributed by atoms with E-state index in [1.165, 1.54) is 30.4 Å². The zero-order chi connectivity index (χ0) is 41.2. The number of rotatable bonds is 8. The maximum Gasteiger partial charge on any atom is 0.408 e. The van der Waals surface area contributed by atoms with Crippen LogP contribution in [0.1, 0.15) is 95.9 Å². The Balaban J connectivity index is 1.46. The Morgan fingerprint density at radius 3 is 2.29 bits per heavy atom. The van der Waals surface area contributed by atoms with E-state index < -0.39 is 106 Å². The molecule has 1 aromatic carbocycles. The molecule has 2 aromatic rings. The number of nitrogens with one attached hydrogen (secondary N) is 1. The molecule has 3 fully saturated rings. The van der Waals surface area contributed by atoms with Crippen LogP contribution in [0.4, 0.5) is 4.79 Å². The van der Waals surface area contributed by atoms with E-state index >= 15 is 0 Å². The van der Waals surface area contributed by atoms with Crippen LogP contribution in [0.5, 0.6) is 0 Å². The molecular formula is C41H51NO13S. The maximum absolute atomic E-state index is 14.7. The van der Waals surface area contributed by atoms with Crippen molar-refractivity contribution < 1.29 is 63.0 Å². The predicted molar refractivity (Wildman–Crippen MR) is 200 cm³/mol. The molecule has 1 aromatic heterocycles. The fraction of sp³-hybridized carbons (Fsp3) is 0.585.